The van der Waals surface area contributed by atoms with Gasteiger partial charge in [0.05, 0.1) is 5.56 Å². The summed E-state index contributed by atoms with van der Waals surface area (Å²) in [7, 11) is 0. The van der Waals surface area contributed by atoms with Crippen molar-refractivity contribution in [3.8, 4) is 0 Å². The number of benzene rings is 1. The molecule has 1 saturated heterocycles. The van der Waals surface area contributed by atoms with Crippen molar-refractivity contribution in [2.24, 2.45) is 0 Å². The predicted octanol–water partition coefficient (Wildman–Crippen LogP) is 3.39. The molecule has 1 fully saturated rings. The van der Waals surface area contributed by atoms with Crippen LogP contribution in [0.25, 0.3) is 0 Å². The first-order valence-corrected chi connectivity index (χ1v) is 10.0. The van der Waals surface area contributed by atoms with Gasteiger partial charge in [0.1, 0.15) is 5.82 Å². The number of halogens is 4. The Hall–Kier alpha value is -3.50. The standard InChI is InChI=1S/C20H20FN3O2.C2HF3O2/c1-14(25)23-9-6-20(7-10-23)13-24(18-5-4-16(21)11-17(18)20)19(26)15-3-2-8-22-12-15;3-2(4,5)1(6)7/h2-5,8,11-12H,6-7,9-10,13H2,1H3;(H,6,7). The molecule has 1 aromatic carbocycles. The lowest BCUT2D eigenvalue weighted by Crippen LogP contribution is -2.47. The number of hydrogen-bond donors (Lipinski definition) is 1. The van der Waals surface area contributed by atoms with Crippen LogP contribution in [0.5, 0.6) is 0 Å². The van der Waals surface area contributed by atoms with Gasteiger partial charge >= 0.3 is 12.1 Å². The molecule has 0 saturated carbocycles. The second-order valence-corrected chi connectivity index (χ2v) is 7.88. The number of anilines is 1. The number of carbonyl (C=O) groups is 3. The van der Waals surface area contributed by atoms with E-state index in [-0.39, 0.29) is 23.0 Å². The van der Waals surface area contributed by atoms with Crippen LogP contribution in [-0.2, 0) is 15.0 Å². The van der Waals surface area contributed by atoms with Crippen molar-refractivity contribution >= 4 is 23.5 Å². The van der Waals surface area contributed by atoms with Crippen molar-refractivity contribution in [3.05, 3.63) is 59.7 Å². The molecule has 176 valence electrons. The van der Waals surface area contributed by atoms with Crippen LogP contribution in [0.1, 0.15) is 35.7 Å². The minimum absolute atomic E-state index is 0.0561. The van der Waals surface area contributed by atoms with E-state index in [0.29, 0.717) is 25.2 Å². The molecule has 2 aromatic rings. The zero-order chi connectivity index (χ0) is 24.4. The van der Waals surface area contributed by atoms with Crippen molar-refractivity contribution in [1.82, 2.24) is 9.88 Å². The number of piperidine rings is 1. The van der Waals surface area contributed by atoms with Crippen molar-refractivity contribution in [1.29, 1.82) is 0 Å². The number of aromatic nitrogens is 1. The number of alkyl halides is 3. The van der Waals surface area contributed by atoms with Gasteiger partial charge in [-0.2, -0.15) is 13.2 Å². The molecule has 1 spiro atoms. The van der Waals surface area contributed by atoms with Crippen LogP contribution in [0.3, 0.4) is 0 Å². The van der Waals surface area contributed by atoms with E-state index in [1.807, 2.05) is 4.90 Å². The summed E-state index contributed by atoms with van der Waals surface area (Å²) in [6, 6.07) is 8.10. The molecule has 0 radical (unpaired) electrons. The van der Waals surface area contributed by atoms with E-state index in [0.717, 1.165) is 24.1 Å². The highest BCUT2D eigenvalue weighted by atomic mass is 19.4. The molecule has 0 aliphatic carbocycles. The van der Waals surface area contributed by atoms with Gasteiger partial charge in [0.2, 0.25) is 5.91 Å². The molecule has 0 bridgehead atoms. The molecule has 7 nitrogen and oxygen atoms in total. The van der Waals surface area contributed by atoms with Crippen LogP contribution in [0, 0.1) is 5.82 Å². The third-order valence-electron chi connectivity index (χ3n) is 5.84. The lowest BCUT2D eigenvalue weighted by Gasteiger charge is -2.39. The number of likely N-dealkylation sites (tertiary alicyclic amines) is 1. The largest absolute Gasteiger partial charge is 0.490 e. The molecule has 33 heavy (non-hydrogen) atoms. The molecule has 1 aromatic heterocycles. The minimum Gasteiger partial charge on any atom is -0.475 e. The van der Waals surface area contributed by atoms with Gasteiger partial charge < -0.3 is 14.9 Å². The highest BCUT2D eigenvalue weighted by Gasteiger charge is 2.47. The molecule has 0 atom stereocenters. The highest BCUT2D eigenvalue weighted by Crippen LogP contribution is 2.47. The normalized spacial score (nSPS) is 16.6. The van der Waals surface area contributed by atoms with Crippen molar-refractivity contribution in [2.45, 2.75) is 31.4 Å². The molecule has 11 heteroatoms. The van der Waals surface area contributed by atoms with Gasteiger partial charge in [-0.05, 0) is 48.7 Å². The Bertz CT molecular complexity index is 1050. The van der Waals surface area contributed by atoms with Gasteiger partial charge in [0, 0.05) is 50.1 Å². The second-order valence-electron chi connectivity index (χ2n) is 7.88. The summed E-state index contributed by atoms with van der Waals surface area (Å²) < 4.78 is 45.7. The SMILES string of the molecule is CC(=O)N1CCC2(CC1)CN(C(=O)c1cccnc1)c1ccc(F)cc12.O=C(O)C(F)(F)F. The fourth-order valence-corrected chi connectivity index (χ4v) is 4.14. The molecule has 3 heterocycles. The van der Waals surface area contributed by atoms with Gasteiger partial charge in [-0.1, -0.05) is 0 Å². The average Bonchev–Trinajstić information content (AvgIpc) is 3.07. The van der Waals surface area contributed by atoms with E-state index in [1.54, 1.807) is 48.5 Å². The van der Waals surface area contributed by atoms with Gasteiger partial charge in [0.15, 0.2) is 0 Å². The fourth-order valence-electron chi connectivity index (χ4n) is 4.14. The summed E-state index contributed by atoms with van der Waals surface area (Å²) in [6.07, 6.45) is -0.461. The van der Waals surface area contributed by atoms with Gasteiger partial charge in [-0.25, -0.2) is 9.18 Å². The van der Waals surface area contributed by atoms with Crippen molar-refractivity contribution < 1.29 is 37.1 Å². The van der Waals surface area contributed by atoms with E-state index in [1.165, 1.54) is 6.07 Å². The van der Waals surface area contributed by atoms with E-state index in [2.05, 4.69) is 4.98 Å². The smallest absolute Gasteiger partial charge is 0.475 e. The summed E-state index contributed by atoms with van der Waals surface area (Å²) >= 11 is 0. The van der Waals surface area contributed by atoms with Crippen LogP contribution in [0.15, 0.2) is 42.7 Å². The maximum absolute atomic E-state index is 14.0. The lowest BCUT2D eigenvalue weighted by molar-refractivity contribution is -0.192. The topological polar surface area (TPSA) is 90.8 Å². The zero-order valence-corrected chi connectivity index (χ0v) is 17.6. The molecular formula is C22H21F4N3O4. The Kier molecular flexibility index (Phi) is 6.71. The maximum atomic E-state index is 14.0. The quantitative estimate of drug-likeness (QED) is 0.650. The van der Waals surface area contributed by atoms with Gasteiger partial charge in [-0.3, -0.25) is 14.6 Å². The minimum atomic E-state index is -5.08. The summed E-state index contributed by atoms with van der Waals surface area (Å²) in [6.45, 7) is 3.32. The molecule has 2 aliphatic heterocycles. The lowest BCUT2D eigenvalue weighted by atomic mass is 9.74. The van der Waals surface area contributed by atoms with Crippen LogP contribution in [0.4, 0.5) is 23.2 Å². The molecular weight excluding hydrogens is 446 g/mol. The Balaban J connectivity index is 0.000000383. The van der Waals surface area contributed by atoms with Crippen LogP contribution in [0.2, 0.25) is 0 Å². The summed E-state index contributed by atoms with van der Waals surface area (Å²) in [5, 5.41) is 7.12. The number of rotatable bonds is 1. The van der Waals surface area contributed by atoms with Crippen LogP contribution < -0.4 is 4.90 Å². The third kappa shape index (κ3) is 5.12. The maximum Gasteiger partial charge on any atom is 0.490 e. The first kappa shape index (κ1) is 24.1. The number of pyridine rings is 1. The first-order chi connectivity index (χ1) is 15.4. The monoisotopic (exact) mass is 467 g/mol. The number of carboxylic acids is 1. The Morgan fingerprint density at radius 1 is 1.12 bits per heavy atom. The van der Waals surface area contributed by atoms with Gasteiger partial charge in [-0.15, -0.1) is 0 Å². The molecule has 1 N–H and O–H groups in total. The number of aliphatic carboxylic acids is 1. The van der Waals surface area contributed by atoms with Crippen molar-refractivity contribution in [2.75, 3.05) is 24.5 Å². The number of nitrogens with zero attached hydrogens (tertiary/aromatic N) is 3. The number of hydrogen-bond acceptors (Lipinski definition) is 4. The summed E-state index contributed by atoms with van der Waals surface area (Å²) in [5.41, 5.74) is 1.84. The third-order valence-corrected chi connectivity index (χ3v) is 5.84. The summed E-state index contributed by atoms with van der Waals surface area (Å²) in [4.78, 5) is 41.1. The zero-order valence-electron chi connectivity index (χ0n) is 17.6. The van der Waals surface area contributed by atoms with E-state index >= 15 is 0 Å². The molecule has 2 aliphatic rings. The highest BCUT2D eigenvalue weighted by molar-refractivity contribution is 6.07. The Morgan fingerprint density at radius 2 is 1.76 bits per heavy atom. The van der Waals surface area contributed by atoms with Crippen LogP contribution >= 0.6 is 0 Å². The van der Waals surface area contributed by atoms with E-state index in [4.69, 9.17) is 9.90 Å². The van der Waals surface area contributed by atoms with E-state index < -0.39 is 12.1 Å². The summed E-state index contributed by atoms with van der Waals surface area (Å²) in [5.74, 6) is -3.13. The Labute approximate surface area is 186 Å². The first-order valence-electron chi connectivity index (χ1n) is 10.0. The number of carbonyl (C=O) groups excluding carboxylic acids is 2. The second kappa shape index (κ2) is 9.16. The van der Waals surface area contributed by atoms with Crippen molar-refractivity contribution in [3.63, 3.8) is 0 Å². The number of fused-ring (bicyclic) bond motifs is 2. The number of carboxylic acid groups (broad SMARTS) is 1. The fraction of sp³-hybridized carbons (Fsp3) is 0.364. The van der Waals surface area contributed by atoms with E-state index in [9.17, 15) is 27.2 Å². The Morgan fingerprint density at radius 3 is 2.27 bits per heavy atom. The molecule has 2 amide bonds. The number of amides is 2. The molecule has 0 unspecified atom stereocenters. The average molecular weight is 467 g/mol. The predicted molar refractivity (Wildman–Crippen MR) is 109 cm³/mol. The molecule has 4 rings (SSSR count). The van der Waals surface area contributed by atoms with Crippen LogP contribution in [-0.4, -0.2) is 58.6 Å². The van der Waals surface area contributed by atoms with Gasteiger partial charge in [0.25, 0.3) is 5.91 Å².